The molecule has 0 atom stereocenters. The number of rotatable bonds is 5. The SMILES string of the molecule is C=CCNC(=O)c1ccc(N2CCC3(CC2)CCN(C2CCCC2)CC3)nc1. The third kappa shape index (κ3) is 4.24. The summed E-state index contributed by atoms with van der Waals surface area (Å²) >= 11 is 0. The minimum atomic E-state index is -0.0921. The lowest BCUT2D eigenvalue weighted by Gasteiger charge is -2.48. The first-order chi connectivity index (χ1) is 13.7. The van der Waals surface area contributed by atoms with E-state index in [0.717, 1.165) is 24.9 Å². The minimum Gasteiger partial charge on any atom is -0.357 e. The molecule has 2 aliphatic heterocycles. The van der Waals surface area contributed by atoms with Gasteiger partial charge in [-0.05, 0) is 69.2 Å². The van der Waals surface area contributed by atoms with Crippen molar-refractivity contribution in [3.05, 3.63) is 36.5 Å². The first kappa shape index (κ1) is 19.4. The van der Waals surface area contributed by atoms with Crippen LogP contribution >= 0.6 is 0 Å². The van der Waals surface area contributed by atoms with Crippen LogP contribution in [0.25, 0.3) is 0 Å². The third-order valence-corrected chi connectivity index (χ3v) is 7.26. The Labute approximate surface area is 169 Å². The lowest BCUT2D eigenvalue weighted by molar-refractivity contribution is 0.0558. The number of nitrogens with one attached hydrogen (secondary N) is 1. The quantitative estimate of drug-likeness (QED) is 0.790. The number of amides is 1. The van der Waals surface area contributed by atoms with Gasteiger partial charge in [-0.2, -0.15) is 0 Å². The van der Waals surface area contributed by atoms with Crippen molar-refractivity contribution < 1.29 is 4.79 Å². The fourth-order valence-corrected chi connectivity index (χ4v) is 5.32. The van der Waals surface area contributed by atoms with Gasteiger partial charge in [0.2, 0.25) is 0 Å². The van der Waals surface area contributed by atoms with Crippen LogP contribution in [0.3, 0.4) is 0 Å². The van der Waals surface area contributed by atoms with Crippen LogP contribution in [0.1, 0.15) is 61.7 Å². The van der Waals surface area contributed by atoms with Gasteiger partial charge in [0.15, 0.2) is 0 Å². The number of hydrogen-bond acceptors (Lipinski definition) is 4. The number of hydrogen-bond donors (Lipinski definition) is 1. The molecule has 152 valence electrons. The molecule has 1 amide bonds. The van der Waals surface area contributed by atoms with Gasteiger partial charge in [-0.3, -0.25) is 4.79 Å². The minimum absolute atomic E-state index is 0.0921. The second-order valence-electron chi connectivity index (χ2n) is 8.87. The van der Waals surface area contributed by atoms with Crippen LogP contribution in [0.2, 0.25) is 0 Å². The summed E-state index contributed by atoms with van der Waals surface area (Å²) in [4.78, 5) is 21.7. The predicted octanol–water partition coefficient (Wildman–Crippen LogP) is 3.62. The maximum Gasteiger partial charge on any atom is 0.253 e. The van der Waals surface area contributed by atoms with Gasteiger partial charge in [-0.15, -0.1) is 6.58 Å². The Bertz CT molecular complexity index is 662. The molecule has 1 spiro atoms. The molecule has 0 bridgehead atoms. The molecule has 0 aromatic carbocycles. The van der Waals surface area contributed by atoms with Gasteiger partial charge in [-0.1, -0.05) is 18.9 Å². The zero-order valence-electron chi connectivity index (χ0n) is 17.0. The lowest BCUT2D eigenvalue weighted by atomic mass is 9.71. The maximum atomic E-state index is 12.0. The van der Waals surface area contributed by atoms with Crippen molar-refractivity contribution in [2.24, 2.45) is 5.41 Å². The first-order valence-electron chi connectivity index (χ1n) is 11.0. The molecule has 1 aromatic rings. The van der Waals surface area contributed by atoms with Crippen LogP contribution in [0.15, 0.2) is 31.0 Å². The fraction of sp³-hybridized carbons (Fsp3) is 0.652. The molecule has 1 aliphatic carbocycles. The third-order valence-electron chi connectivity index (χ3n) is 7.26. The van der Waals surface area contributed by atoms with Gasteiger partial charge in [0.1, 0.15) is 5.82 Å². The Morgan fingerprint density at radius 1 is 1.14 bits per heavy atom. The van der Waals surface area contributed by atoms with Crippen LogP contribution < -0.4 is 10.2 Å². The molecule has 0 radical (unpaired) electrons. The molecule has 0 unspecified atom stereocenters. The lowest BCUT2D eigenvalue weighted by Crippen LogP contribution is -2.49. The van der Waals surface area contributed by atoms with Gasteiger partial charge >= 0.3 is 0 Å². The number of pyridine rings is 1. The van der Waals surface area contributed by atoms with E-state index in [1.165, 1.54) is 64.5 Å². The van der Waals surface area contributed by atoms with Gasteiger partial charge in [-0.25, -0.2) is 4.98 Å². The standard InChI is InChI=1S/C23H34N4O/c1-2-13-24-22(28)19-7-8-21(25-18-19)27-16-11-23(12-17-27)9-14-26(15-10-23)20-5-3-4-6-20/h2,7-8,18,20H,1,3-6,9-17H2,(H,24,28). The van der Waals surface area contributed by atoms with E-state index in [1.54, 1.807) is 12.3 Å². The molecule has 1 saturated carbocycles. The second kappa shape index (κ2) is 8.64. The summed E-state index contributed by atoms with van der Waals surface area (Å²) in [6.07, 6.45) is 14.4. The molecule has 1 aromatic heterocycles. The van der Waals surface area contributed by atoms with Crippen molar-refractivity contribution in [2.75, 3.05) is 37.6 Å². The predicted molar refractivity (Wildman–Crippen MR) is 114 cm³/mol. The van der Waals surface area contributed by atoms with E-state index >= 15 is 0 Å². The summed E-state index contributed by atoms with van der Waals surface area (Å²) in [5.41, 5.74) is 1.16. The number of aromatic nitrogens is 1. The van der Waals surface area contributed by atoms with Crippen molar-refractivity contribution in [2.45, 2.75) is 57.4 Å². The number of carbonyl (C=O) groups excluding carboxylic acids is 1. The molecule has 3 heterocycles. The van der Waals surface area contributed by atoms with Gasteiger partial charge in [0.05, 0.1) is 5.56 Å². The first-order valence-corrected chi connectivity index (χ1v) is 11.0. The average Bonchev–Trinajstić information content (AvgIpc) is 3.28. The molecule has 2 saturated heterocycles. The monoisotopic (exact) mass is 382 g/mol. The summed E-state index contributed by atoms with van der Waals surface area (Å²) in [5, 5.41) is 2.80. The highest BCUT2D eigenvalue weighted by Gasteiger charge is 2.39. The Hall–Kier alpha value is -1.88. The van der Waals surface area contributed by atoms with E-state index in [9.17, 15) is 4.79 Å². The Kier molecular flexibility index (Phi) is 6.00. The molecular weight excluding hydrogens is 348 g/mol. The Morgan fingerprint density at radius 2 is 1.82 bits per heavy atom. The summed E-state index contributed by atoms with van der Waals surface area (Å²) in [5.74, 6) is 0.907. The van der Waals surface area contributed by atoms with Crippen LogP contribution in [0, 0.1) is 5.41 Å². The largest absolute Gasteiger partial charge is 0.357 e. The van der Waals surface area contributed by atoms with Crippen molar-refractivity contribution in [3.63, 3.8) is 0 Å². The van der Waals surface area contributed by atoms with Crippen molar-refractivity contribution >= 4 is 11.7 Å². The number of piperidine rings is 2. The smallest absolute Gasteiger partial charge is 0.253 e. The van der Waals surface area contributed by atoms with Gasteiger partial charge in [0.25, 0.3) is 5.91 Å². The number of nitrogens with zero attached hydrogens (tertiary/aromatic N) is 3. The van der Waals surface area contributed by atoms with E-state index < -0.39 is 0 Å². The van der Waals surface area contributed by atoms with Crippen molar-refractivity contribution in [1.29, 1.82) is 0 Å². The number of anilines is 1. The molecule has 3 aliphatic rings. The molecule has 28 heavy (non-hydrogen) atoms. The maximum absolute atomic E-state index is 12.0. The molecule has 4 rings (SSSR count). The highest BCUT2D eigenvalue weighted by Crippen LogP contribution is 2.43. The zero-order valence-corrected chi connectivity index (χ0v) is 17.0. The fourth-order valence-electron chi connectivity index (χ4n) is 5.32. The van der Waals surface area contributed by atoms with Crippen molar-refractivity contribution in [3.8, 4) is 0 Å². The highest BCUT2D eigenvalue weighted by molar-refractivity contribution is 5.94. The van der Waals surface area contributed by atoms with Crippen molar-refractivity contribution in [1.82, 2.24) is 15.2 Å². The van der Waals surface area contributed by atoms with Crippen LogP contribution in [-0.4, -0.2) is 54.6 Å². The average molecular weight is 383 g/mol. The number of carbonyl (C=O) groups is 1. The zero-order chi connectivity index (χ0) is 19.4. The Morgan fingerprint density at radius 3 is 2.43 bits per heavy atom. The van der Waals surface area contributed by atoms with Crippen LogP contribution in [0.4, 0.5) is 5.82 Å². The molecule has 3 fully saturated rings. The number of likely N-dealkylation sites (tertiary alicyclic amines) is 1. The van der Waals surface area contributed by atoms with E-state index in [1.807, 2.05) is 12.1 Å². The Balaban J connectivity index is 1.28. The topological polar surface area (TPSA) is 48.5 Å². The highest BCUT2D eigenvalue weighted by atomic mass is 16.1. The van der Waals surface area contributed by atoms with E-state index in [2.05, 4.69) is 26.7 Å². The normalized spacial score (nSPS) is 23.1. The van der Waals surface area contributed by atoms with Gasteiger partial charge < -0.3 is 15.1 Å². The molecular formula is C23H34N4O. The second-order valence-corrected chi connectivity index (χ2v) is 8.87. The van der Waals surface area contributed by atoms with E-state index in [-0.39, 0.29) is 5.91 Å². The summed E-state index contributed by atoms with van der Waals surface area (Å²) < 4.78 is 0. The molecule has 5 nitrogen and oxygen atoms in total. The summed E-state index contributed by atoms with van der Waals surface area (Å²) in [6.45, 7) is 8.87. The molecule has 1 N–H and O–H groups in total. The summed E-state index contributed by atoms with van der Waals surface area (Å²) in [6, 6.07) is 4.75. The molecule has 5 heteroatoms. The van der Waals surface area contributed by atoms with Gasteiger partial charge in [0, 0.05) is 31.9 Å². The van der Waals surface area contributed by atoms with Crippen LogP contribution in [-0.2, 0) is 0 Å². The summed E-state index contributed by atoms with van der Waals surface area (Å²) in [7, 11) is 0. The van der Waals surface area contributed by atoms with Crippen LogP contribution in [0.5, 0.6) is 0 Å². The van der Waals surface area contributed by atoms with E-state index in [4.69, 9.17) is 0 Å². The van der Waals surface area contributed by atoms with E-state index in [0.29, 0.717) is 17.5 Å².